The predicted octanol–water partition coefficient (Wildman–Crippen LogP) is 3.25. The number of hydrogen-bond donors (Lipinski definition) is 3. The number of H-pyrrole nitrogens is 1. The summed E-state index contributed by atoms with van der Waals surface area (Å²) < 4.78 is 0. The monoisotopic (exact) mass is 402 g/mol. The van der Waals surface area contributed by atoms with Crippen LogP contribution in [0.25, 0.3) is 10.6 Å². The van der Waals surface area contributed by atoms with Gasteiger partial charge in [0.2, 0.25) is 5.13 Å². The molecule has 142 valence electrons. The molecule has 9 nitrogen and oxygen atoms in total. The first-order chi connectivity index (χ1) is 14.2. The molecule has 1 aliphatic heterocycles. The lowest BCUT2D eigenvalue weighted by atomic mass is 10.1. The minimum absolute atomic E-state index is 0.291. The van der Waals surface area contributed by atoms with Crippen LogP contribution in [0.3, 0.4) is 0 Å². The maximum absolute atomic E-state index is 12.2. The average Bonchev–Trinajstić information content (AvgIpc) is 3.49. The molecule has 0 bridgehead atoms. The van der Waals surface area contributed by atoms with E-state index in [1.807, 2.05) is 18.3 Å². The van der Waals surface area contributed by atoms with E-state index in [-0.39, 0.29) is 5.91 Å². The van der Waals surface area contributed by atoms with Crippen molar-refractivity contribution in [2.24, 2.45) is 4.99 Å². The number of hydrogen-bond acceptors (Lipinski definition) is 8. The number of benzene rings is 1. The van der Waals surface area contributed by atoms with Gasteiger partial charge in [0.15, 0.2) is 5.01 Å². The summed E-state index contributed by atoms with van der Waals surface area (Å²) in [7, 11) is 0. The number of fused-ring (bicyclic) bond motifs is 1. The Balaban J connectivity index is 1.32. The largest absolute Gasteiger partial charge is 0.341 e. The van der Waals surface area contributed by atoms with Gasteiger partial charge in [-0.15, -0.1) is 10.2 Å². The van der Waals surface area contributed by atoms with Crippen LogP contribution in [-0.4, -0.2) is 37.3 Å². The zero-order valence-electron chi connectivity index (χ0n) is 15.0. The second kappa shape index (κ2) is 7.24. The first kappa shape index (κ1) is 17.2. The molecule has 1 aliphatic rings. The summed E-state index contributed by atoms with van der Waals surface area (Å²) in [5.74, 6) is -0.291. The second-order valence-electron chi connectivity index (χ2n) is 6.30. The molecule has 0 fully saturated rings. The van der Waals surface area contributed by atoms with Crippen LogP contribution in [0.5, 0.6) is 0 Å². The van der Waals surface area contributed by atoms with Crippen molar-refractivity contribution in [1.82, 2.24) is 25.1 Å². The van der Waals surface area contributed by atoms with Gasteiger partial charge in [0.1, 0.15) is 5.69 Å². The molecule has 0 aliphatic carbocycles. The Morgan fingerprint density at radius 3 is 2.93 bits per heavy atom. The van der Waals surface area contributed by atoms with Gasteiger partial charge < -0.3 is 15.6 Å². The lowest BCUT2D eigenvalue weighted by molar-refractivity contribution is 0.102. The highest BCUT2D eigenvalue weighted by atomic mass is 32.1. The van der Waals surface area contributed by atoms with E-state index in [1.54, 1.807) is 18.5 Å². The van der Waals surface area contributed by atoms with Crippen molar-refractivity contribution in [3.63, 3.8) is 0 Å². The Bertz CT molecular complexity index is 1210. The number of imidazole rings is 1. The fourth-order valence-corrected chi connectivity index (χ4v) is 3.64. The number of nitrogens with zero attached hydrogens (tertiary/aromatic N) is 5. The minimum Gasteiger partial charge on any atom is -0.341 e. The van der Waals surface area contributed by atoms with E-state index < -0.39 is 0 Å². The molecule has 0 saturated carbocycles. The zero-order valence-corrected chi connectivity index (χ0v) is 15.8. The number of rotatable bonds is 5. The Morgan fingerprint density at radius 2 is 2.03 bits per heavy atom. The molecule has 4 aromatic rings. The molecule has 0 spiro atoms. The number of anilines is 3. The van der Waals surface area contributed by atoms with Crippen molar-refractivity contribution >= 4 is 40.0 Å². The van der Waals surface area contributed by atoms with Gasteiger partial charge in [-0.25, -0.2) is 4.98 Å². The third-order valence-corrected chi connectivity index (χ3v) is 5.19. The van der Waals surface area contributed by atoms with Crippen LogP contribution in [0.15, 0.2) is 54.2 Å². The fourth-order valence-electron chi connectivity index (χ4n) is 2.90. The lowest BCUT2D eigenvalue weighted by Crippen LogP contribution is -2.12. The maximum Gasteiger partial charge on any atom is 0.273 e. The lowest BCUT2D eigenvalue weighted by Gasteiger charge is -2.04. The summed E-state index contributed by atoms with van der Waals surface area (Å²) in [5, 5.41) is 15.9. The van der Waals surface area contributed by atoms with Crippen LogP contribution in [0.2, 0.25) is 0 Å². The van der Waals surface area contributed by atoms with Crippen molar-refractivity contribution in [3.05, 3.63) is 66.0 Å². The maximum atomic E-state index is 12.2. The molecule has 0 unspecified atom stereocenters. The molecule has 1 amide bonds. The predicted molar refractivity (Wildman–Crippen MR) is 111 cm³/mol. The van der Waals surface area contributed by atoms with E-state index in [0.29, 0.717) is 21.5 Å². The molecule has 0 saturated heterocycles. The number of aromatic amines is 1. The Kier molecular flexibility index (Phi) is 4.30. The van der Waals surface area contributed by atoms with E-state index in [9.17, 15) is 4.79 Å². The summed E-state index contributed by atoms with van der Waals surface area (Å²) in [6.45, 7) is 0.735. The highest BCUT2D eigenvalue weighted by Gasteiger charge is 2.12. The molecular formula is C19H14N8OS. The van der Waals surface area contributed by atoms with Crippen LogP contribution in [0.1, 0.15) is 21.6 Å². The first-order valence-corrected chi connectivity index (χ1v) is 9.55. The van der Waals surface area contributed by atoms with Crippen LogP contribution in [0, 0.1) is 0 Å². The number of carbonyl (C=O) groups is 1. The van der Waals surface area contributed by atoms with Gasteiger partial charge in [-0.1, -0.05) is 17.4 Å². The van der Waals surface area contributed by atoms with E-state index >= 15 is 0 Å². The molecule has 0 atom stereocenters. The van der Waals surface area contributed by atoms with Crippen LogP contribution < -0.4 is 10.6 Å². The van der Waals surface area contributed by atoms with Crippen molar-refractivity contribution in [2.45, 2.75) is 6.54 Å². The van der Waals surface area contributed by atoms with Crippen molar-refractivity contribution in [3.8, 4) is 10.6 Å². The number of aliphatic imine (C=N–C) groups is 1. The summed E-state index contributed by atoms with van der Waals surface area (Å²) in [6.07, 6.45) is 8.04. The molecule has 0 radical (unpaired) electrons. The minimum atomic E-state index is -0.291. The van der Waals surface area contributed by atoms with Gasteiger partial charge in [-0.2, -0.15) is 0 Å². The quantitative estimate of drug-likeness (QED) is 0.471. The topological polar surface area (TPSA) is 121 Å². The van der Waals surface area contributed by atoms with Crippen molar-refractivity contribution in [1.29, 1.82) is 0 Å². The summed E-state index contributed by atoms with van der Waals surface area (Å²) >= 11 is 1.40. The smallest absolute Gasteiger partial charge is 0.273 e. The van der Waals surface area contributed by atoms with E-state index in [1.165, 1.54) is 29.4 Å². The van der Waals surface area contributed by atoms with E-state index in [4.69, 9.17) is 0 Å². The molecule has 5 rings (SSSR count). The van der Waals surface area contributed by atoms with Gasteiger partial charge in [0.25, 0.3) is 5.91 Å². The molecule has 10 heteroatoms. The van der Waals surface area contributed by atoms with Gasteiger partial charge >= 0.3 is 0 Å². The number of pyridine rings is 1. The van der Waals surface area contributed by atoms with Crippen molar-refractivity contribution in [2.75, 3.05) is 10.6 Å². The molecule has 29 heavy (non-hydrogen) atoms. The van der Waals surface area contributed by atoms with Gasteiger partial charge in [0.05, 0.1) is 31.0 Å². The van der Waals surface area contributed by atoms with E-state index in [2.05, 4.69) is 46.8 Å². The first-order valence-electron chi connectivity index (χ1n) is 8.73. The average molecular weight is 402 g/mol. The number of nitrogens with one attached hydrogen (secondary N) is 3. The molecule has 3 aromatic heterocycles. The molecular weight excluding hydrogens is 388 g/mol. The molecule has 3 N–H and O–H groups in total. The number of amides is 1. The number of carbonyl (C=O) groups excluding carboxylic acids is 1. The summed E-state index contributed by atoms with van der Waals surface area (Å²) in [6, 6.07) is 7.90. The van der Waals surface area contributed by atoms with Crippen LogP contribution >= 0.6 is 11.3 Å². The fraction of sp³-hybridized carbons (Fsp3) is 0.0526. The summed E-state index contributed by atoms with van der Waals surface area (Å²) in [4.78, 5) is 27.2. The highest BCUT2D eigenvalue weighted by molar-refractivity contribution is 7.18. The van der Waals surface area contributed by atoms with Gasteiger partial charge in [-0.05, 0) is 29.3 Å². The van der Waals surface area contributed by atoms with Crippen LogP contribution in [0.4, 0.5) is 16.5 Å². The normalized spacial score (nSPS) is 12.0. The Hall–Kier alpha value is -3.92. The third kappa shape index (κ3) is 3.60. The molecule has 1 aromatic carbocycles. The Labute approximate surface area is 169 Å². The van der Waals surface area contributed by atoms with Crippen LogP contribution in [-0.2, 0) is 6.54 Å². The van der Waals surface area contributed by atoms with Crippen molar-refractivity contribution < 1.29 is 4.79 Å². The third-order valence-electron chi connectivity index (χ3n) is 4.30. The highest BCUT2D eigenvalue weighted by Crippen LogP contribution is 2.30. The summed E-state index contributed by atoms with van der Waals surface area (Å²) in [5.41, 5.74) is 4.96. The second-order valence-corrected chi connectivity index (χ2v) is 7.28. The van der Waals surface area contributed by atoms with E-state index in [0.717, 1.165) is 23.4 Å². The zero-order chi connectivity index (χ0) is 19.6. The number of aromatic nitrogens is 5. The standard InChI is InChI=1S/C19H14N8OS/c28-17(16-9-22-10-23-16)24-15-4-13(7-21-8-15)18-26-27-19(29-18)25-14-2-1-11-5-20-6-12(11)3-14/h1-4,6-10H,5H2,(H,22,23)(H,24,28)(H,25,27). The SMILES string of the molecule is O=C(Nc1cncc(-c2nnc(Nc3ccc4c(c3)C=NC4)s2)c1)c1cnc[nH]1. The van der Waals surface area contributed by atoms with Gasteiger partial charge in [-0.3, -0.25) is 14.8 Å². The van der Waals surface area contributed by atoms with Gasteiger partial charge in [0, 0.05) is 23.7 Å². The Morgan fingerprint density at radius 1 is 1.07 bits per heavy atom. The molecule has 4 heterocycles.